The molecule has 1 saturated heterocycles. The molecular weight excluding hydrogens is 260 g/mol. The second-order valence-corrected chi connectivity index (χ2v) is 4.94. The summed E-state index contributed by atoms with van der Waals surface area (Å²) in [6.07, 6.45) is 4.02. The fourth-order valence-corrected chi connectivity index (χ4v) is 2.74. The molecule has 1 aliphatic rings. The Morgan fingerprint density at radius 2 is 1.79 bits per heavy atom. The topological polar surface area (TPSA) is 63.7 Å². The van der Waals surface area contributed by atoms with Gasteiger partial charge in [0.05, 0.1) is 11.1 Å². The minimum atomic E-state index is 0.207. The van der Waals surface area contributed by atoms with Gasteiger partial charge in [-0.1, -0.05) is 18.5 Å². The molecular formula is C14H15ClN4. The zero-order chi connectivity index (χ0) is 13.8. The van der Waals surface area contributed by atoms with Crippen LogP contribution >= 0.6 is 11.6 Å². The van der Waals surface area contributed by atoms with Crippen molar-refractivity contribution in [2.45, 2.75) is 32.6 Å². The molecule has 1 aliphatic heterocycles. The number of pyridine rings is 1. The van der Waals surface area contributed by atoms with Crippen molar-refractivity contribution in [1.82, 2.24) is 4.98 Å². The Hall–Kier alpha value is -1.78. The second-order valence-electron chi connectivity index (χ2n) is 4.58. The third-order valence-corrected chi connectivity index (χ3v) is 3.74. The summed E-state index contributed by atoms with van der Waals surface area (Å²) in [5, 5.41) is 18.8. The number of piperidine rings is 1. The van der Waals surface area contributed by atoms with Gasteiger partial charge in [0.15, 0.2) is 0 Å². The van der Waals surface area contributed by atoms with Gasteiger partial charge in [0.25, 0.3) is 0 Å². The average molecular weight is 275 g/mol. The lowest BCUT2D eigenvalue weighted by Crippen LogP contribution is -2.31. The molecule has 19 heavy (non-hydrogen) atoms. The van der Waals surface area contributed by atoms with Crippen LogP contribution in [0, 0.1) is 22.7 Å². The first-order chi connectivity index (χ1) is 9.22. The van der Waals surface area contributed by atoms with E-state index >= 15 is 0 Å². The SMILES string of the molecule is CCc1c(C#N)c(Cl)nc(N2CCCCC2)c1C#N. The van der Waals surface area contributed by atoms with Crippen molar-refractivity contribution in [3.63, 3.8) is 0 Å². The molecule has 0 N–H and O–H groups in total. The third-order valence-electron chi connectivity index (χ3n) is 3.47. The molecule has 1 aromatic heterocycles. The third kappa shape index (κ3) is 2.50. The highest BCUT2D eigenvalue weighted by atomic mass is 35.5. The zero-order valence-electron chi connectivity index (χ0n) is 10.9. The standard InChI is InChI=1S/C14H15ClN4/c1-2-10-11(8-16)13(15)18-14(12(10)9-17)19-6-4-3-5-7-19/h2-7H2,1H3. The van der Waals surface area contributed by atoms with Crippen molar-refractivity contribution < 1.29 is 0 Å². The molecule has 0 amide bonds. The van der Waals surface area contributed by atoms with E-state index in [-0.39, 0.29) is 5.15 Å². The predicted octanol–water partition coefficient (Wildman–Crippen LogP) is 3.03. The summed E-state index contributed by atoms with van der Waals surface area (Å²) in [6.45, 7) is 3.72. The van der Waals surface area contributed by atoms with E-state index < -0.39 is 0 Å². The van der Waals surface area contributed by atoms with Crippen LogP contribution in [-0.2, 0) is 6.42 Å². The Kier molecular flexibility index (Phi) is 4.24. The normalized spacial score (nSPS) is 14.8. The van der Waals surface area contributed by atoms with E-state index in [0.717, 1.165) is 25.9 Å². The summed E-state index contributed by atoms with van der Waals surface area (Å²) in [6, 6.07) is 4.26. The molecule has 0 aromatic carbocycles. The number of aromatic nitrogens is 1. The highest BCUT2D eigenvalue weighted by Gasteiger charge is 2.22. The Morgan fingerprint density at radius 3 is 2.32 bits per heavy atom. The maximum absolute atomic E-state index is 9.40. The Bertz CT molecular complexity index is 562. The Morgan fingerprint density at radius 1 is 1.16 bits per heavy atom. The second kappa shape index (κ2) is 5.91. The van der Waals surface area contributed by atoms with Crippen LogP contribution in [0.2, 0.25) is 5.15 Å². The van der Waals surface area contributed by atoms with E-state index in [2.05, 4.69) is 22.0 Å². The first-order valence-corrected chi connectivity index (χ1v) is 6.88. The van der Waals surface area contributed by atoms with Gasteiger partial charge in [-0.15, -0.1) is 0 Å². The molecule has 0 bridgehead atoms. The molecule has 98 valence electrons. The van der Waals surface area contributed by atoms with Crippen LogP contribution in [0.3, 0.4) is 0 Å². The van der Waals surface area contributed by atoms with E-state index in [1.54, 1.807) is 0 Å². The van der Waals surface area contributed by atoms with Crippen LogP contribution in [0.4, 0.5) is 5.82 Å². The Balaban J connectivity index is 2.58. The quantitative estimate of drug-likeness (QED) is 0.778. The van der Waals surface area contributed by atoms with Crippen molar-refractivity contribution in [2.75, 3.05) is 18.0 Å². The van der Waals surface area contributed by atoms with Crippen LogP contribution in [0.1, 0.15) is 42.9 Å². The molecule has 0 saturated carbocycles. The summed E-state index contributed by atoms with van der Waals surface area (Å²) in [7, 11) is 0. The summed E-state index contributed by atoms with van der Waals surface area (Å²) in [5.74, 6) is 0.642. The van der Waals surface area contributed by atoms with Crippen LogP contribution in [0.5, 0.6) is 0 Å². The van der Waals surface area contributed by atoms with Gasteiger partial charge in [0, 0.05) is 13.1 Å². The summed E-state index contributed by atoms with van der Waals surface area (Å²) in [5.41, 5.74) is 1.55. The molecule has 0 radical (unpaired) electrons. The molecule has 1 aromatic rings. The van der Waals surface area contributed by atoms with Gasteiger partial charge in [-0.2, -0.15) is 10.5 Å². The summed E-state index contributed by atoms with van der Waals surface area (Å²) < 4.78 is 0. The number of nitrogens with zero attached hydrogens (tertiary/aromatic N) is 4. The number of hydrogen-bond acceptors (Lipinski definition) is 4. The van der Waals surface area contributed by atoms with Gasteiger partial charge in [-0.05, 0) is 31.2 Å². The molecule has 0 unspecified atom stereocenters. The number of nitriles is 2. The highest BCUT2D eigenvalue weighted by Crippen LogP contribution is 2.30. The fraction of sp³-hybridized carbons (Fsp3) is 0.500. The van der Waals surface area contributed by atoms with E-state index in [4.69, 9.17) is 16.9 Å². The smallest absolute Gasteiger partial charge is 0.149 e. The largest absolute Gasteiger partial charge is 0.355 e. The van der Waals surface area contributed by atoms with Crippen LogP contribution < -0.4 is 4.90 Å². The van der Waals surface area contributed by atoms with Crippen molar-refractivity contribution in [3.8, 4) is 12.1 Å². The average Bonchev–Trinajstić information content (AvgIpc) is 2.46. The van der Waals surface area contributed by atoms with Crippen molar-refractivity contribution in [3.05, 3.63) is 21.8 Å². The Labute approximate surface area is 118 Å². The van der Waals surface area contributed by atoms with E-state index in [9.17, 15) is 5.26 Å². The van der Waals surface area contributed by atoms with Crippen molar-refractivity contribution >= 4 is 17.4 Å². The first-order valence-electron chi connectivity index (χ1n) is 6.50. The molecule has 1 fully saturated rings. The minimum Gasteiger partial charge on any atom is -0.355 e. The van der Waals surface area contributed by atoms with Crippen LogP contribution in [0.15, 0.2) is 0 Å². The summed E-state index contributed by atoms with van der Waals surface area (Å²) >= 11 is 6.09. The molecule has 4 nitrogen and oxygen atoms in total. The number of halogens is 1. The predicted molar refractivity (Wildman–Crippen MR) is 74.1 cm³/mol. The number of rotatable bonds is 2. The lowest BCUT2D eigenvalue weighted by molar-refractivity contribution is 0.573. The lowest BCUT2D eigenvalue weighted by atomic mass is 10.0. The molecule has 5 heteroatoms. The summed E-state index contributed by atoms with van der Waals surface area (Å²) in [4.78, 5) is 6.40. The molecule has 0 atom stereocenters. The lowest BCUT2D eigenvalue weighted by Gasteiger charge is -2.29. The molecule has 0 aliphatic carbocycles. The molecule has 2 heterocycles. The first kappa shape index (κ1) is 13.6. The minimum absolute atomic E-state index is 0.207. The van der Waals surface area contributed by atoms with Gasteiger partial charge in [-0.25, -0.2) is 4.98 Å². The van der Waals surface area contributed by atoms with Gasteiger partial charge < -0.3 is 4.90 Å². The van der Waals surface area contributed by atoms with E-state index in [1.807, 2.05) is 6.92 Å². The molecule has 2 rings (SSSR count). The monoisotopic (exact) mass is 274 g/mol. The maximum atomic E-state index is 9.40. The fourth-order valence-electron chi connectivity index (χ4n) is 2.51. The number of hydrogen-bond donors (Lipinski definition) is 0. The molecule has 0 spiro atoms. The van der Waals surface area contributed by atoms with Crippen LogP contribution in [-0.4, -0.2) is 18.1 Å². The van der Waals surface area contributed by atoms with Gasteiger partial charge >= 0.3 is 0 Å². The highest BCUT2D eigenvalue weighted by molar-refractivity contribution is 6.30. The van der Waals surface area contributed by atoms with E-state index in [0.29, 0.717) is 28.9 Å². The maximum Gasteiger partial charge on any atom is 0.149 e. The van der Waals surface area contributed by atoms with Gasteiger partial charge in [0.2, 0.25) is 0 Å². The van der Waals surface area contributed by atoms with Crippen molar-refractivity contribution in [2.24, 2.45) is 0 Å². The van der Waals surface area contributed by atoms with Gasteiger partial charge in [0.1, 0.15) is 23.1 Å². The van der Waals surface area contributed by atoms with Gasteiger partial charge in [-0.3, -0.25) is 0 Å². The van der Waals surface area contributed by atoms with Crippen LogP contribution in [0.25, 0.3) is 0 Å². The van der Waals surface area contributed by atoms with E-state index in [1.165, 1.54) is 6.42 Å². The zero-order valence-corrected chi connectivity index (χ0v) is 11.7. The van der Waals surface area contributed by atoms with Crippen molar-refractivity contribution in [1.29, 1.82) is 10.5 Å². The number of anilines is 1.